The molecule has 4 unspecified atom stereocenters. The number of carbonyl (C=O) groups excluding carboxylic acids is 1. The summed E-state index contributed by atoms with van der Waals surface area (Å²) in [5.74, 6) is 0.0823. The van der Waals surface area contributed by atoms with Crippen molar-refractivity contribution < 1.29 is 14.3 Å². The largest absolute Gasteiger partial charge is 0.497 e. The smallest absolute Gasteiger partial charge is 0.337 e. The molecule has 5 rings (SSSR count). The number of hydrogen-bond donors (Lipinski definition) is 1. The van der Waals surface area contributed by atoms with Crippen molar-refractivity contribution >= 4 is 22.6 Å². The van der Waals surface area contributed by atoms with Crippen molar-refractivity contribution in [3.05, 3.63) is 46.2 Å². The van der Waals surface area contributed by atoms with E-state index in [1.807, 2.05) is 12.1 Å². The Kier molecular flexibility index (Phi) is 4.01. The fraction of sp³-hybridized carbons (Fsp3) is 0.476. The van der Waals surface area contributed by atoms with Crippen molar-refractivity contribution in [2.75, 3.05) is 20.2 Å². The number of hydrogen-bond acceptors (Lipinski definition) is 6. The summed E-state index contributed by atoms with van der Waals surface area (Å²) in [6.07, 6.45) is 3.45. The third-order valence-corrected chi connectivity index (χ3v) is 6.72. The van der Waals surface area contributed by atoms with Gasteiger partial charge in [0, 0.05) is 41.5 Å². The highest BCUT2D eigenvalue weighted by Gasteiger charge is 2.46. The second-order valence-corrected chi connectivity index (χ2v) is 8.01. The van der Waals surface area contributed by atoms with Crippen molar-refractivity contribution in [1.29, 1.82) is 0 Å². The highest BCUT2D eigenvalue weighted by molar-refractivity contribution is 5.89. The van der Waals surface area contributed by atoms with E-state index in [-0.39, 0.29) is 30.0 Å². The van der Waals surface area contributed by atoms with E-state index in [4.69, 9.17) is 9.47 Å². The zero-order chi connectivity index (χ0) is 19.4. The van der Waals surface area contributed by atoms with E-state index >= 15 is 0 Å². The van der Waals surface area contributed by atoms with Crippen LogP contribution in [0.15, 0.2) is 35.2 Å². The minimum absolute atomic E-state index is 0.0738. The molecule has 3 aliphatic rings. The Morgan fingerprint density at radius 1 is 1.39 bits per heavy atom. The minimum Gasteiger partial charge on any atom is -0.497 e. The molecule has 1 N–H and O–H groups in total. The highest BCUT2D eigenvalue weighted by atomic mass is 16.5. The van der Waals surface area contributed by atoms with E-state index in [0.717, 1.165) is 36.8 Å². The monoisotopic (exact) mass is 381 g/mol. The second kappa shape index (κ2) is 6.44. The number of carbonyl (C=O) groups is 1. The first-order valence-electron chi connectivity index (χ1n) is 9.76. The number of rotatable bonds is 2. The molecule has 4 heterocycles. The molecule has 1 fully saturated rings. The number of methoxy groups -OCH3 is 1. The van der Waals surface area contributed by atoms with Crippen LogP contribution in [-0.2, 0) is 20.7 Å². The molecule has 1 aromatic carbocycles. The number of piperidine rings is 1. The van der Waals surface area contributed by atoms with Crippen molar-refractivity contribution in [3.63, 3.8) is 0 Å². The summed E-state index contributed by atoms with van der Waals surface area (Å²) in [6, 6.07) is 5.75. The molecule has 0 spiro atoms. The van der Waals surface area contributed by atoms with Gasteiger partial charge in [0.05, 0.1) is 31.1 Å². The van der Waals surface area contributed by atoms with Crippen LogP contribution >= 0.6 is 0 Å². The van der Waals surface area contributed by atoms with Gasteiger partial charge in [-0.2, -0.15) is 0 Å². The lowest BCUT2D eigenvalue weighted by Crippen LogP contribution is -2.51. The van der Waals surface area contributed by atoms with E-state index in [2.05, 4.69) is 22.0 Å². The van der Waals surface area contributed by atoms with E-state index in [0.29, 0.717) is 11.3 Å². The van der Waals surface area contributed by atoms with Gasteiger partial charge in [0.1, 0.15) is 5.69 Å². The first-order valence-corrected chi connectivity index (χ1v) is 9.76. The van der Waals surface area contributed by atoms with Gasteiger partial charge in [0.25, 0.3) is 0 Å². The summed E-state index contributed by atoms with van der Waals surface area (Å²) in [5.41, 5.74) is 4.59. The number of esters is 1. The first kappa shape index (κ1) is 17.4. The van der Waals surface area contributed by atoms with Gasteiger partial charge in [-0.1, -0.05) is 0 Å². The molecule has 0 saturated carbocycles. The normalized spacial score (nSPS) is 29.1. The van der Waals surface area contributed by atoms with Crippen LogP contribution in [0.1, 0.15) is 30.6 Å². The molecule has 146 valence electrons. The standard InChI is InChI=1S/C21H23N3O4/c1-11-16-9-24-6-5-13-15-7-12(23-26)3-4-18(15)22-20(13)19(24)8-14(16)17(10-28-11)21(25)27-2/h3-4,7,10-11,14,16,19,22H,5-6,8-9H2,1-2H3. The Hall–Kier alpha value is -2.67. The Morgan fingerprint density at radius 2 is 2.25 bits per heavy atom. The zero-order valence-electron chi connectivity index (χ0n) is 16.0. The summed E-state index contributed by atoms with van der Waals surface area (Å²) in [5, 5.41) is 4.17. The van der Waals surface area contributed by atoms with Crippen LogP contribution in [0.5, 0.6) is 0 Å². The number of fused-ring (bicyclic) bond motifs is 6. The predicted molar refractivity (Wildman–Crippen MR) is 104 cm³/mol. The summed E-state index contributed by atoms with van der Waals surface area (Å²) in [7, 11) is 1.42. The van der Waals surface area contributed by atoms with Gasteiger partial charge in [0.15, 0.2) is 0 Å². The van der Waals surface area contributed by atoms with E-state index in [1.165, 1.54) is 18.4 Å². The average molecular weight is 381 g/mol. The number of ether oxygens (including phenoxy) is 2. The summed E-state index contributed by atoms with van der Waals surface area (Å²) >= 11 is 0. The summed E-state index contributed by atoms with van der Waals surface area (Å²) < 4.78 is 10.8. The lowest BCUT2D eigenvalue weighted by Gasteiger charge is -2.49. The Balaban J connectivity index is 1.55. The molecule has 0 radical (unpaired) electrons. The maximum atomic E-state index is 12.3. The quantitative estimate of drug-likeness (QED) is 0.635. The number of benzene rings is 1. The molecular formula is C21H23N3O4. The maximum Gasteiger partial charge on any atom is 0.337 e. The molecule has 7 nitrogen and oxygen atoms in total. The molecule has 7 heteroatoms. The van der Waals surface area contributed by atoms with Gasteiger partial charge in [-0.15, -0.1) is 4.91 Å². The molecule has 3 aliphatic heterocycles. The number of nitroso groups, excluding NO2 is 1. The Labute approximate surface area is 162 Å². The fourth-order valence-corrected chi connectivity index (χ4v) is 5.28. The van der Waals surface area contributed by atoms with Crippen LogP contribution < -0.4 is 0 Å². The van der Waals surface area contributed by atoms with Crippen LogP contribution in [-0.4, -0.2) is 42.2 Å². The molecule has 4 atom stereocenters. The van der Waals surface area contributed by atoms with E-state index in [9.17, 15) is 9.70 Å². The maximum absolute atomic E-state index is 12.3. The van der Waals surface area contributed by atoms with Gasteiger partial charge >= 0.3 is 5.97 Å². The SMILES string of the molecule is COC(=O)C1=COC(C)C2CN3CCc4c([nH]c5ccc(N=O)cc45)C3CC12. The van der Waals surface area contributed by atoms with Crippen LogP contribution in [0, 0.1) is 16.7 Å². The minimum atomic E-state index is -0.301. The number of nitrogens with zero attached hydrogens (tertiary/aromatic N) is 2. The zero-order valence-corrected chi connectivity index (χ0v) is 16.0. The van der Waals surface area contributed by atoms with Crippen molar-refractivity contribution in [2.24, 2.45) is 17.0 Å². The third kappa shape index (κ3) is 2.49. The summed E-state index contributed by atoms with van der Waals surface area (Å²) in [6.45, 7) is 3.92. The summed E-state index contributed by atoms with van der Waals surface area (Å²) in [4.78, 5) is 29.3. The molecule has 1 saturated heterocycles. The fourth-order valence-electron chi connectivity index (χ4n) is 5.28. The molecule has 0 amide bonds. The van der Waals surface area contributed by atoms with Crippen LogP contribution in [0.3, 0.4) is 0 Å². The Bertz CT molecular complexity index is 995. The molecule has 28 heavy (non-hydrogen) atoms. The van der Waals surface area contributed by atoms with E-state index < -0.39 is 0 Å². The lowest BCUT2D eigenvalue weighted by molar-refractivity contribution is -0.139. The highest BCUT2D eigenvalue weighted by Crippen LogP contribution is 2.47. The van der Waals surface area contributed by atoms with Gasteiger partial charge in [-0.25, -0.2) is 4.79 Å². The Morgan fingerprint density at radius 3 is 3.04 bits per heavy atom. The average Bonchev–Trinajstić information content (AvgIpc) is 3.10. The second-order valence-electron chi connectivity index (χ2n) is 8.01. The number of aromatic amines is 1. The van der Waals surface area contributed by atoms with Crippen LogP contribution in [0.25, 0.3) is 10.9 Å². The van der Waals surface area contributed by atoms with Gasteiger partial charge in [-0.3, -0.25) is 4.90 Å². The molecule has 0 bridgehead atoms. The van der Waals surface area contributed by atoms with Gasteiger partial charge < -0.3 is 14.5 Å². The number of H-pyrrole nitrogens is 1. The van der Waals surface area contributed by atoms with Crippen molar-refractivity contribution in [2.45, 2.75) is 31.9 Å². The van der Waals surface area contributed by atoms with Crippen molar-refractivity contribution in [3.8, 4) is 0 Å². The van der Waals surface area contributed by atoms with Gasteiger partial charge in [-0.05, 0) is 48.7 Å². The van der Waals surface area contributed by atoms with E-state index in [1.54, 1.807) is 12.3 Å². The van der Waals surface area contributed by atoms with Crippen molar-refractivity contribution in [1.82, 2.24) is 9.88 Å². The molecule has 2 aromatic rings. The number of aromatic nitrogens is 1. The molecule has 0 aliphatic carbocycles. The van der Waals surface area contributed by atoms with Crippen LogP contribution in [0.2, 0.25) is 0 Å². The predicted octanol–water partition coefficient (Wildman–Crippen LogP) is 3.58. The molecule has 1 aromatic heterocycles. The van der Waals surface area contributed by atoms with Gasteiger partial charge in [0.2, 0.25) is 0 Å². The third-order valence-electron chi connectivity index (χ3n) is 6.72. The molecular weight excluding hydrogens is 358 g/mol. The van der Waals surface area contributed by atoms with Crippen LogP contribution in [0.4, 0.5) is 5.69 Å². The topological polar surface area (TPSA) is 84.0 Å². The number of nitrogens with one attached hydrogen (secondary N) is 1. The lowest BCUT2D eigenvalue weighted by atomic mass is 9.72. The first-order chi connectivity index (χ1) is 13.6.